The smallest absolute Gasteiger partial charge is 0.320 e. The molecule has 0 amide bonds. The zero-order valence-electron chi connectivity index (χ0n) is 8.62. The molecular formula is C10H21NO2. The average Bonchev–Trinajstić information content (AvgIpc) is 2.11. The van der Waals surface area contributed by atoms with E-state index in [1.807, 2.05) is 0 Å². The van der Waals surface area contributed by atoms with Crippen LogP contribution in [0.4, 0.5) is 0 Å². The average molecular weight is 187 g/mol. The standard InChI is InChI=1S/C10H21NO2/c1-3-5-6-8(4-2)7-9(11)10(12)13/h8-9H,3-7,11H2,1-2H3,(H,12,13)/t8?,9-/m1/s1. The molecule has 3 nitrogen and oxygen atoms in total. The molecular weight excluding hydrogens is 166 g/mol. The third-order valence-corrected chi connectivity index (χ3v) is 2.45. The lowest BCUT2D eigenvalue weighted by Crippen LogP contribution is -2.32. The summed E-state index contributed by atoms with van der Waals surface area (Å²) in [5, 5.41) is 8.63. The Morgan fingerprint density at radius 2 is 2.08 bits per heavy atom. The summed E-state index contributed by atoms with van der Waals surface area (Å²) >= 11 is 0. The van der Waals surface area contributed by atoms with Crippen LogP contribution in [0.15, 0.2) is 0 Å². The van der Waals surface area contributed by atoms with Gasteiger partial charge in [0.2, 0.25) is 0 Å². The highest BCUT2D eigenvalue weighted by molar-refractivity contribution is 5.72. The van der Waals surface area contributed by atoms with E-state index >= 15 is 0 Å². The van der Waals surface area contributed by atoms with Crippen molar-refractivity contribution in [3.8, 4) is 0 Å². The number of carboxylic acids is 1. The molecule has 0 aromatic rings. The van der Waals surface area contributed by atoms with Crippen LogP contribution in [-0.2, 0) is 4.79 Å². The molecule has 0 aliphatic heterocycles. The fourth-order valence-corrected chi connectivity index (χ4v) is 1.44. The zero-order valence-corrected chi connectivity index (χ0v) is 8.62. The first-order valence-corrected chi connectivity index (χ1v) is 5.10. The number of unbranched alkanes of at least 4 members (excludes halogenated alkanes) is 1. The largest absolute Gasteiger partial charge is 0.480 e. The lowest BCUT2D eigenvalue weighted by Gasteiger charge is -2.16. The highest BCUT2D eigenvalue weighted by Gasteiger charge is 2.16. The van der Waals surface area contributed by atoms with E-state index in [0.717, 1.165) is 12.8 Å². The van der Waals surface area contributed by atoms with Gasteiger partial charge in [-0.15, -0.1) is 0 Å². The van der Waals surface area contributed by atoms with Crippen molar-refractivity contribution in [3.05, 3.63) is 0 Å². The van der Waals surface area contributed by atoms with Crippen LogP contribution in [0, 0.1) is 5.92 Å². The Morgan fingerprint density at radius 1 is 1.46 bits per heavy atom. The molecule has 0 aromatic carbocycles. The van der Waals surface area contributed by atoms with Gasteiger partial charge in [0, 0.05) is 0 Å². The summed E-state index contributed by atoms with van der Waals surface area (Å²) in [5.74, 6) is -0.402. The van der Waals surface area contributed by atoms with Gasteiger partial charge in [0.25, 0.3) is 0 Å². The van der Waals surface area contributed by atoms with Crippen LogP contribution in [0.3, 0.4) is 0 Å². The summed E-state index contributed by atoms with van der Waals surface area (Å²) in [6.45, 7) is 4.23. The summed E-state index contributed by atoms with van der Waals surface area (Å²) in [6.07, 6.45) is 5.09. The number of carboxylic acid groups (broad SMARTS) is 1. The predicted octanol–water partition coefficient (Wildman–Crippen LogP) is 2.00. The highest BCUT2D eigenvalue weighted by atomic mass is 16.4. The van der Waals surface area contributed by atoms with E-state index in [1.165, 1.54) is 12.8 Å². The summed E-state index contributed by atoms with van der Waals surface area (Å²) in [5.41, 5.74) is 5.47. The summed E-state index contributed by atoms with van der Waals surface area (Å²) in [6, 6.07) is -0.679. The number of aliphatic carboxylic acids is 1. The van der Waals surface area contributed by atoms with Crippen molar-refractivity contribution in [1.29, 1.82) is 0 Å². The molecule has 0 saturated heterocycles. The molecule has 13 heavy (non-hydrogen) atoms. The van der Waals surface area contributed by atoms with Crippen LogP contribution in [0.5, 0.6) is 0 Å². The summed E-state index contributed by atoms with van der Waals surface area (Å²) in [7, 11) is 0. The minimum absolute atomic E-state index is 0.478. The molecule has 1 unspecified atom stereocenters. The van der Waals surface area contributed by atoms with E-state index in [-0.39, 0.29) is 0 Å². The van der Waals surface area contributed by atoms with Crippen LogP contribution in [0.25, 0.3) is 0 Å². The first-order chi connectivity index (χ1) is 6.11. The summed E-state index contributed by atoms with van der Waals surface area (Å²) in [4.78, 5) is 10.5. The minimum Gasteiger partial charge on any atom is -0.480 e. The van der Waals surface area contributed by atoms with E-state index < -0.39 is 12.0 Å². The molecule has 0 rings (SSSR count). The molecule has 3 N–H and O–H groups in total. The zero-order chi connectivity index (χ0) is 10.3. The van der Waals surface area contributed by atoms with E-state index in [0.29, 0.717) is 12.3 Å². The van der Waals surface area contributed by atoms with Gasteiger partial charge in [-0.2, -0.15) is 0 Å². The number of hydrogen-bond acceptors (Lipinski definition) is 2. The molecule has 0 bridgehead atoms. The van der Waals surface area contributed by atoms with E-state index in [1.54, 1.807) is 0 Å². The molecule has 3 heteroatoms. The van der Waals surface area contributed by atoms with E-state index in [2.05, 4.69) is 13.8 Å². The Balaban J connectivity index is 3.75. The first kappa shape index (κ1) is 12.4. The van der Waals surface area contributed by atoms with Crippen LogP contribution in [0.1, 0.15) is 46.0 Å². The molecule has 0 aliphatic carbocycles. The van der Waals surface area contributed by atoms with Gasteiger partial charge in [-0.05, 0) is 12.3 Å². The molecule has 0 radical (unpaired) electrons. The molecule has 0 heterocycles. The Hall–Kier alpha value is -0.570. The Bertz CT molecular complexity index is 148. The number of carbonyl (C=O) groups is 1. The topological polar surface area (TPSA) is 63.3 Å². The maximum Gasteiger partial charge on any atom is 0.320 e. The highest BCUT2D eigenvalue weighted by Crippen LogP contribution is 2.17. The second kappa shape index (κ2) is 6.89. The lowest BCUT2D eigenvalue weighted by atomic mass is 9.92. The van der Waals surface area contributed by atoms with Crippen LogP contribution < -0.4 is 5.73 Å². The molecule has 0 saturated carbocycles. The van der Waals surface area contributed by atoms with Gasteiger partial charge < -0.3 is 10.8 Å². The molecule has 2 atom stereocenters. The molecule has 78 valence electrons. The summed E-state index contributed by atoms with van der Waals surface area (Å²) < 4.78 is 0. The monoisotopic (exact) mass is 187 g/mol. The van der Waals surface area contributed by atoms with Crippen LogP contribution >= 0.6 is 0 Å². The number of nitrogens with two attached hydrogens (primary N) is 1. The van der Waals surface area contributed by atoms with Crippen LogP contribution in [-0.4, -0.2) is 17.1 Å². The molecule has 0 fully saturated rings. The van der Waals surface area contributed by atoms with Crippen molar-refractivity contribution in [2.24, 2.45) is 11.7 Å². The van der Waals surface area contributed by atoms with Crippen molar-refractivity contribution >= 4 is 5.97 Å². The quantitative estimate of drug-likeness (QED) is 0.640. The van der Waals surface area contributed by atoms with Crippen molar-refractivity contribution in [2.75, 3.05) is 0 Å². The SMILES string of the molecule is CCCCC(CC)C[C@@H](N)C(=O)O. The second-order valence-electron chi connectivity index (χ2n) is 3.60. The maximum atomic E-state index is 10.5. The van der Waals surface area contributed by atoms with Crippen molar-refractivity contribution in [3.63, 3.8) is 0 Å². The fraction of sp³-hybridized carbons (Fsp3) is 0.900. The van der Waals surface area contributed by atoms with Gasteiger partial charge in [-0.3, -0.25) is 4.79 Å². The Labute approximate surface area is 80.3 Å². The first-order valence-electron chi connectivity index (χ1n) is 5.10. The van der Waals surface area contributed by atoms with Gasteiger partial charge in [-0.1, -0.05) is 39.5 Å². The molecule has 0 spiro atoms. The third-order valence-electron chi connectivity index (χ3n) is 2.45. The van der Waals surface area contributed by atoms with Gasteiger partial charge in [0.15, 0.2) is 0 Å². The van der Waals surface area contributed by atoms with Gasteiger partial charge in [0.05, 0.1) is 0 Å². The van der Waals surface area contributed by atoms with Crippen molar-refractivity contribution < 1.29 is 9.90 Å². The van der Waals surface area contributed by atoms with Gasteiger partial charge in [0.1, 0.15) is 6.04 Å². The van der Waals surface area contributed by atoms with E-state index in [9.17, 15) is 4.79 Å². The Morgan fingerprint density at radius 3 is 2.46 bits per heavy atom. The maximum absolute atomic E-state index is 10.5. The lowest BCUT2D eigenvalue weighted by molar-refractivity contribution is -0.139. The van der Waals surface area contributed by atoms with E-state index in [4.69, 9.17) is 10.8 Å². The number of hydrogen-bond donors (Lipinski definition) is 2. The molecule has 0 aromatic heterocycles. The minimum atomic E-state index is -0.880. The van der Waals surface area contributed by atoms with Gasteiger partial charge >= 0.3 is 5.97 Å². The normalized spacial score (nSPS) is 15.3. The second-order valence-corrected chi connectivity index (χ2v) is 3.60. The number of rotatable bonds is 7. The predicted molar refractivity (Wildman–Crippen MR) is 53.5 cm³/mol. The van der Waals surface area contributed by atoms with Crippen LogP contribution in [0.2, 0.25) is 0 Å². The van der Waals surface area contributed by atoms with Crippen molar-refractivity contribution in [1.82, 2.24) is 0 Å². The fourth-order valence-electron chi connectivity index (χ4n) is 1.44. The molecule has 0 aliphatic rings. The van der Waals surface area contributed by atoms with Crippen molar-refractivity contribution in [2.45, 2.75) is 52.0 Å². The third kappa shape index (κ3) is 5.64. The van der Waals surface area contributed by atoms with Gasteiger partial charge in [-0.25, -0.2) is 0 Å². The Kier molecular flexibility index (Phi) is 6.59.